The molecule has 0 aromatic heterocycles. The molecule has 3 unspecified atom stereocenters. The van der Waals surface area contributed by atoms with E-state index >= 15 is 0 Å². The van der Waals surface area contributed by atoms with E-state index in [2.05, 4.69) is 31.7 Å². The monoisotopic (exact) mass is 278 g/mol. The Hall–Kier alpha value is -0.590. The highest BCUT2D eigenvalue weighted by atomic mass is 16.3. The maximum Gasteiger partial charge on any atom is 0.0672 e. The van der Waals surface area contributed by atoms with Crippen LogP contribution in [0.5, 0.6) is 0 Å². The number of hydrogen-bond donors (Lipinski definition) is 1. The van der Waals surface area contributed by atoms with Gasteiger partial charge in [0.25, 0.3) is 0 Å². The second-order valence-corrected chi connectivity index (χ2v) is 7.84. The highest BCUT2D eigenvalue weighted by Gasteiger charge is 2.39. The maximum absolute atomic E-state index is 9.46. The number of piperidine rings is 1. The molecule has 0 spiro atoms. The van der Waals surface area contributed by atoms with Crippen molar-refractivity contribution in [1.29, 1.82) is 5.26 Å². The summed E-state index contributed by atoms with van der Waals surface area (Å²) in [4.78, 5) is 2.54. The van der Waals surface area contributed by atoms with E-state index in [1.165, 1.54) is 12.8 Å². The van der Waals surface area contributed by atoms with E-state index in [-0.39, 0.29) is 5.92 Å². The van der Waals surface area contributed by atoms with Gasteiger partial charge in [0.05, 0.1) is 12.0 Å². The molecule has 1 aliphatic carbocycles. The van der Waals surface area contributed by atoms with Gasteiger partial charge in [-0.2, -0.15) is 5.26 Å². The topological polar surface area (TPSA) is 47.3 Å². The van der Waals surface area contributed by atoms with Crippen molar-refractivity contribution in [1.82, 2.24) is 4.90 Å². The van der Waals surface area contributed by atoms with Crippen LogP contribution in [0.15, 0.2) is 0 Å². The van der Waals surface area contributed by atoms with E-state index in [0.717, 1.165) is 38.3 Å². The van der Waals surface area contributed by atoms with E-state index < -0.39 is 0 Å². The van der Waals surface area contributed by atoms with Gasteiger partial charge in [0.1, 0.15) is 0 Å². The number of likely N-dealkylation sites (tertiary alicyclic amines) is 1. The first-order valence-electron chi connectivity index (χ1n) is 8.20. The molecule has 2 aliphatic rings. The van der Waals surface area contributed by atoms with Crippen LogP contribution in [0.3, 0.4) is 0 Å². The fourth-order valence-corrected chi connectivity index (χ4v) is 3.95. The van der Waals surface area contributed by atoms with Crippen molar-refractivity contribution in [2.24, 2.45) is 23.2 Å². The molecule has 1 saturated carbocycles. The predicted molar refractivity (Wildman–Crippen MR) is 81.1 cm³/mol. The minimum Gasteiger partial charge on any atom is -0.396 e. The van der Waals surface area contributed by atoms with Gasteiger partial charge in [-0.15, -0.1) is 0 Å². The molecule has 0 bridgehead atoms. The van der Waals surface area contributed by atoms with Crippen molar-refractivity contribution >= 4 is 0 Å². The second-order valence-electron chi connectivity index (χ2n) is 7.84. The van der Waals surface area contributed by atoms with Gasteiger partial charge in [-0.1, -0.05) is 20.8 Å². The van der Waals surface area contributed by atoms with Crippen LogP contribution in [-0.2, 0) is 0 Å². The van der Waals surface area contributed by atoms with Gasteiger partial charge < -0.3 is 5.11 Å². The Kier molecular flexibility index (Phi) is 5.09. The molecule has 1 heterocycles. The quantitative estimate of drug-likeness (QED) is 0.844. The molecule has 3 nitrogen and oxygen atoms in total. The summed E-state index contributed by atoms with van der Waals surface area (Å²) < 4.78 is 0. The Labute approximate surface area is 124 Å². The third-order valence-corrected chi connectivity index (χ3v) is 5.58. The van der Waals surface area contributed by atoms with E-state index in [1.54, 1.807) is 0 Å². The summed E-state index contributed by atoms with van der Waals surface area (Å²) in [5.74, 6) is 1.42. The third-order valence-electron chi connectivity index (χ3n) is 5.58. The molecule has 1 saturated heterocycles. The van der Waals surface area contributed by atoms with Gasteiger partial charge in [0.15, 0.2) is 0 Å². The van der Waals surface area contributed by atoms with E-state index in [4.69, 9.17) is 0 Å². The van der Waals surface area contributed by atoms with Crippen LogP contribution in [0.2, 0.25) is 0 Å². The molecule has 0 radical (unpaired) electrons. The lowest BCUT2D eigenvalue weighted by atomic mass is 9.67. The Bertz CT molecular complexity index is 347. The summed E-state index contributed by atoms with van der Waals surface area (Å²) >= 11 is 0. The number of aliphatic hydroxyl groups excluding tert-OH is 1. The molecule has 1 aliphatic heterocycles. The lowest BCUT2D eigenvalue weighted by molar-refractivity contribution is 0.0315. The van der Waals surface area contributed by atoms with Crippen LogP contribution in [0, 0.1) is 34.5 Å². The average molecular weight is 278 g/mol. The maximum atomic E-state index is 9.46. The minimum absolute atomic E-state index is 0.208. The molecular weight excluding hydrogens is 248 g/mol. The molecule has 3 atom stereocenters. The van der Waals surface area contributed by atoms with Crippen molar-refractivity contribution in [3.05, 3.63) is 0 Å². The van der Waals surface area contributed by atoms with E-state index in [9.17, 15) is 10.4 Å². The van der Waals surface area contributed by atoms with Gasteiger partial charge in [-0.05, 0) is 62.4 Å². The lowest BCUT2D eigenvalue weighted by Gasteiger charge is -2.46. The molecular formula is C17H30N2O. The fraction of sp³-hybridized carbons (Fsp3) is 0.941. The van der Waals surface area contributed by atoms with Crippen LogP contribution in [0.1, 0.15) is 52.9 Å². The number of hydrogen-bond acceptors (Lipinski definition) is 3. The smallest absolute Gasteiger partial charge is 0.0672 e. The first kappa shape index (κ1) is 15.8. The van der Waals surface area contributed by atoms with Gasteiger partial charge in [0.2, 0.25) is 0 Å². The number of nitrogens with zero attached hydrogens (tertiary/aromatic N) is 2. The summed E-state index contributed by atoms with van der Waals surface area (Å²) in [5, 5.41) is 18.7. The zero-order valence-electron chi connectivity index (χ0n) is 13.3. The molecule has 2 rings (SSSR count). The molecule has 20 heavy (non-hydrogen) atoms. The summed E-state index contributed by atoms with van der Waals surface area (Å²) in [6.45, 7) is 9.44. The average Bonchev–Trinajstić information content (AvgIpc) is 2.45. The molecule has 0 amide bonds. The number of rotatable bonds is 2. The predicted octanol–water partition coefficient (Wildman–Crippen LogP) is 3.05. The lowest BCUT2D eigenvalue weighted by Crippen LogP contribution is -2.49. The number of nitriles is 1. The summed E-state index contributed by atoms with van der Waals surface area (Å²) in [7, 11) is 0. The Morgan fingerprint density at radius 1 is 1.15 bits per heavy atom. The first-order valence-corrected chi connectivity index (χ1v) is 8.20. The Morgan fingerprint density at radius 2 is 1.80 bits per heavy atom. The SMILES string of the molecule is CC(C)(C)C1CCC(C#N)C(N2CCC(CO)CC2)C1. The van der Waals surface area contributed by atoms with Crippen molar-refractivity contribution in [3.63, 3.8) is 0 Å². The molecule has 0 aromatic carbocycles. The van der Waals surface area contributed by atoms with Crippen molar-refractivity contribution in [2.45, 2.75) is 58.9 Å². The van der Waals surface area contributed by atoms with Gasteiger partial charge >= 0.3 is 0 Å². The molecule has 114 valence electrons. The third kappa shape index (κ3) is 3.54. The van der Waals surface area contributed by atoms with Crippen molar-refractivity contribution < 1.29 is 5.11 Å². The standard InChI is InChI=1S/C17H30N2O/c1-17(2,3)15-5-4-14(11-18)16(10-15)19-8-6-13(12-20)7-9-19/h13-16,20H,4-10,12H2,1-3H3. The zero-order chi connectivity index (χ0) is 14.8. The van der Waals surface area contributed by atoms with Crippen LogP contribution < -0.4 is 0 Å². The molecule has 0 aromatic rings. The Balaban J connectivity index is 2.01. The zero-order valence-corrected chi connectivity index (χ0v) is 13.3. The number of aliphatic hydroxyl groups is 1. The second kappa shape index (κ2) is 6.45. The van der Waals surface area contributed by atoms with Gasteiger partial charge in [-0.3, -0.25) is 4.90 Å². The van der Waals surface area contributed by atoms with Gasteiger partial charge in [-0.25, -0.2) is 0 Å². The van der Waals surface area contributed by atoms with Crippen LogP contribution in [0.4, 0.5) is 0 Å². The van der Waals surface area contributed by atoms with Crippen molar-refractivity contribution in [2.75, 3.05) is 19.7 Å². The molecule has 3 heteroatoms. The van der Waals surface area contributed by atoms with Gasteiger partial charge in [0, 0.05) is 12.6 Å². The van der Waals surface area contributed by atoms with Crippen LogP contribution in [-0.4, -0.2) is 35.7 Å². The van der Waals surface area contributed by atoms with Crippen molar-refractivity contribution in [3.8, 4) is 6.07 Å². The van der Waals surface area contributed by atoms with E-state index in [0.29, 0.717) is 24.0 Å². The van der Waals surface area contributed by atoms with E-state index in [1.807, 2.05) is 0 Å². The molecule has 1 N–H and O–H groups in total. The first-order chi connectivity index (χ1) is 9.45. The largest absolute Gasteiger partial charge is 0.396 e. The summed E-state index contributed by atoms with van der Waals surface area (Å²) in [5.41, 5.74) is 0.349. The van der Waals surface area contributed by atoms with Crippen LogP contribution >= 0.6 is 0 Å². The highest BCUT2D eigenvalue weighted by molar-refractivity contribution is 5.00. The minimum atomic E-state index is 0.208. The summed E-state index contributed by atoms with van der Waals surface area (Å²) in [6, 6.07) is 3.00. The highest BCUT2D eigenvalue weighted by Crippen LogP contribution is 2.42. The fourth-order valence-electron chi connectivity index (χ4n) is 3.95. The normalized spacial score (nSPS) is 33.9. The van der Waals surface area contributed by atoms with Crippen LogP contribution in [0.25, 0.3) is 0 Å². The summed E-state index contributed by atoms with van der Waals surface area (Å²) in [6.07, 6.45) is 5.61. The Morgan fingerprint density at radius 3 is 2.30 bits per heavy atom. The molecule has 2 fully saturated rings.